The third-order valence-corrected chi connectivity index (χ3v) is 9.24. The lowest BCUT2D eigenvalue weighted by Crippen LogP contribution is -2.37. The van der Waals surface area contributed by atoms with Crippen LogP contribution in [0, 0.1) is 6.92 Å². The second-order valence-corrected chi connectivity index (χ2v) is 12.1. The van der Waals surface area contributed by atoms with Crippen molar-refractivity contribution in [2.75, 3.05) is 31.3 Å². The number of benzene rings is 3. The van der Waals surface area contributed by atoms with Gasteiger partial charge in [0, 0.05) is 40.1 Å². The van der Waals surface area contributed by atoms with Crippen molar-refractivity contribution in [1.82, 2.24) is 9.29 Å². The Morgan fingerprint density at radius 1 is 1.08 bits per heavy atom. The molecular weight excluding hydrogens is 579 g/mol. The number of carbonyl (C=O) groups excluding carboxylic acids is 1. The number of methoxy groups -OCH3 is 1. The van der Waals surface area contributed by atoms with Crippen LogP contribution < -0.4 is 15.4 Å². The highest BCUT2D eigenvalue weighted by molar-refractivity contribution is 7.89. The molecular formula is C27H26Cl2N4O4S2. The average molecular weight is 606 g/mol. The normalized spacial score (nSPS) is 11.4. The van der Waals surface area contributed by atoms with Gasteiger partial charge in [-0.2, -0.15) is 4.31 Å². The van der Waals surface area contributed by atoms with Crippen LogP contribution in [0.2, 0.25) is 10.0 Å². The Balaban J connectivity index is 1.65. The molecule has 39 heavy (non-hydrogen) atoms. The molecule has 2 N–H and O–H groups in total. The Bertz CT molecular complexity index is 1570. The summed E-state index contributed by atoms with van der Waals surface area (Å²) < 4.78 is 33.8. The number of hydrogen-bond donors (Lipinski definition) is 2. The lowest BCUT2D eigenvalue weighted by molar-refractivity contribution is -0.116. The van der Waals surface area contributed by atoms with Crippen molar-refractivity contribution in [2.24, 2.45) is 0 Å². The topological polar surface area (TPSA) is 101 Å². The molecule has 4 aromatic rings. The number of nitrogens with one attached hydrogen (secondary N) is 2. The van der Waals surface area contributed by atoms with E-state index in [2.05, 4.69) is 15.6 Å². The summed E-state index contributed by atoms with van der Waals surface area (Å²) in [5.41, 5.74) is 3.16. The van der Waals surface area contributed by atoms with Crippen LogP contribution in [0.4, 0.5) is 10.8 Å². The Morgan fingerprint density at radius 2 is 1.77 bits per heavy atom. The van der Waals surface area contributed by atoms with E-state index >= 15 is 0 Å². The zero-order valence-electron chi connectivity index (χ0n) is 21.4. The van der Waals surface area contributed by atoms with E-state index in [9.17, 15) is 13.2 Å². The van der Waals surface area contributed by atoms with E-state index in [0.29, 0.717) is 27.0 Å². The Morgan fingerprint density at radius 3 is 2.38 bits per heavy atom. The van der Waals surface area contributed by atoms with Gasteiger partial charge in [0.1, 0.15) is 5.75 Å². The van der Waals surface area contributed by atoms with Crippen molar-refractivity contribution < 1.29 is 17.9 Å². The van der Waals surface area contributed by atoms with Gasteiger partial charge in [-0.3, -0.25) is 4.79 Å². The summed E-state index contributed by atoms with van der Waals surface area (Å²) in [6.07, 6.45) is 0. The highest BCUT2D eigenvalue weighted by Crippen LogP contribution is 2.33. The highest BCUT2D eigenvalue weighted by Gasteiger charge is 2.28. The van der Waals surface area contributed by atoms with E-state index in [1.54, 1.807) is 49.5 Å². The highest BCUT2D eigenvalue weighted by atomic mass is 35.5. The third kappa shape index (κ3) is 6.71. The number of hydrogen-bond acceptors (Lipinski definition) is 7. The first kappa shape index (κ1) is 28.8. The molecule has 0 radical (unpaired) electrons. The number of aryl methyl sites for hydroxylation is 1. The molecule has 12 heteroatoms. The molecule has 0 fully saturated rings. The number of rotatable bonds is 10. The number of sulfonamides is 1. The van der Waals surface area contributed by atoms with Gasteiger partial charge in [0.15, 0.2) is 5.13 Å². The predicted molar refractivity (Wildman–Crippen MR) is 158 cm³/mol. The number of amides is 1. The summed E-state index contributed by atoms with van der Waals surface area (Å²) in [5.74, 6) is -0.156. The second kappa shape index (κ2) is 12.4. The fourth-order valence-corrected chi connectivity index (χ4v) is 6.34. The molecule has 0 spiro atoms. The predicted octanol–water partition coefficient (Wildman–Crippen LogP) is 6.31. The lowest BCUT2D eigenvalue weighted by Gasteiger charge is -2.23. The monoisotopic (exact) mass is 604 g/mol. The van der Waals surface area contributed by atoms with E-state index in [1.807, 2.05) is 18.4 Å². The first-order valence-corrected chi connectivity index (χ1v) is 14.8. The number of ether oxygens (including phenoxy) is 1. The molecule has 0 aliphatic carbocycles. The molecule has 8 nitrogen and oxygen atoms in total. The standard InChI is InChI=1S/C27H26Cl2N4O4S2/c1-17-7-10-19(11-8-17)39(35,36)33(14-20-21(28)5-4-6-22(20)29)15-26(34)31-23-13-18(9-12-25(23)37-3)24-16-38-27(30-2)32-24/h4-13,16H,14-15H2,1-3H3,(H,30,32)(H,31,34). The van der Waals surface area contributed by atoms with Gasteiger partial charge in [-0.15, -0.1) is 11.3 Å². The van der Waals surface area contributed by atoms with Gasteiger partial charge in [-0.25, -0.2) is 13.4 Å². The minimum absolute atomic E-state index is 0.0486. The van der Waals surface area contributed by atoms with Gasteiger partial charge < -0.3 is 15.4 Å². The fraction of sp³-hybridized carbons (Fsp3) is 0.185. The molecule has 1 heterocycles. The molecule has 0 unspecified atom stereocenters. The molecule has 3 aromatic carbocycles. The van der Waals surface area contributed by atoms with Gasteiger partial charge in [-0.1, -0.05) is 47.0 Å². The molecule has 4 rings (SSSR count). The first-order valence-electron chi connectivity index (χ1n) is 11.7. The van der Waals surface area contributed by atoms with Crippen LogP contribution in [0.3, 0.4) is 0 Å². The van der Waals surface area contributed by atoms with Crippen LogP contribution in [0.15, 0.2) is 70.9 Å². The SMILES string of the molecule is CNc1nc(-c2ccc(OC)c(NC(=O)CN(Cc3c(Cl)cccc3Cl)S(=O)(=O)c3ccc(C)cc3)c2)cs1. The molecule has 204 valence electrons. The van der Waals surface area contributed by atoms with E-state index in [0.717, 1.165) is 26.3 Å². The van der Waals surface area contributed by atoms with E-state index in [1.165, 1.54) is 30.6 Å². The summed E-state index contributed by atoms with van der Waals surface area (Å²) in [6, 6.07) is 16.6. The summed E-state index contributed by atoms with van der Waals surface area (Å²) in [7, 11) is -0.823. The van der Waals surface area contributed by atoms with Crippen molar-refractivity contribution in [1.29, 1.82) is 0 Å². The maximum absolute atomic E-state index is 13.7. The Hall–Kier alpha value is -3.15. The van der Waals surface area contributed by atoms with Crippen LogP contribution in [0.1, 0.15) is 11.1 Å². The number of halogens is 2. The summed E-state index contributed by atoms with van der Waals surface area (Å²) in [6.45, 7) is 1.16. The number of aromatic nitrogens is 1. The third-order valence-electron chi connectivity index (χ3n) is 5.86. The van der Waals surface area contributed by atoms with Crippen molar-refractivity contribution in [3.63, 3.8) is 0 Å². The van der Waals surface area contributed by atoms with Crippen molar-refractivity contribution in [3.8, 4) is 17.0 Å². The molecule has 0 saturated heterocycles. The maximum atomic E-state index is 13.7. The number of nitrogens with zero attached hydrogens (tertiary/aromatic N) is 2. The van der Waals surface area contributed by atoms with E-state index < -0.39 is 22.5 Å². The summed E-state index contributed by atoms with van der Waals surface area (Å²) in [4.78, 5) is 17.9. The van der Waals surface area contributed by atoms with Crippen molar-refractivity contribution in [3.05, 3.63) is 87.2 Å². The maximum Gasteiger partial charge on any atom is 0.243 e. The molecule has 0 atom stereocenters. The lowest BCUT2D eigenvalue weighted by atomic mass is 10.1. The zero-order valence-corrected chi connectivity index (χ0v) is 24.5. The average Bonchev–Trinajstić information content (AvgIpc) is 3.40. The van der Waals surface area contributed by atoms with Gasteiger partial charge >= 0.3 is 0 Å². The van der Waals surface area contributed by atoms with E-state index in [-0.39, 0.29) is 11.4 Å². The van der Waals surface area contributed by atoms with Gasteiger partial charge in [0.05, 0.1) is 29.9 Å². The molecule has 0 bridgehead atoms. The van der Waals surface area contributed by atoms with Crippen LogP contribution in [0.5, 0.6) is 5.75 Å². The van der Waals surface area contributed by atoms with Crippen LogP contribution in [-0.2, 0) is 21.4 Å². The zero-order chi connectivity index (χ0) is 28.2. The first-order chi connectivity index (χ1) is 18.6. The Kier molecular flexibility index (Phi) is 9.14. The molecule has 1 amide bonds. The number of thiazole rings is 1. The van der Waals surface area contributed by atoms with Crippen LogP contribution in [-0.4, -0.2) is 44.3 Å². The van der Waals surface area contributed by atoms with E-state index in [4.69, 9.17) is 27.9 Å². The van der Waals surface area contributed by atoms with Gasteiger partial charge in [0.2, 0.25) is 15.9 Å². The molecule has 1 aromatic heterocycles. The van der Waals surface area contributed by atoms with Crippen molar-refractivity contribution in [2.45, 2.75) is 18.4 Å². The molecule has 0 saturated carbocycles. The Labute approximate surface area is 241 Å². The van der Waals surface area contributed by atoms with Gasteiger partial charge in [0.25, 0.3) is 0 Å². The minimum Gasteiger partial charge on any atom is -0.495 e. The largest absolute Gasteiger partial charge is 0.495 e. The fourth-order valence-electron chi connectivity index (χ4n) is 3.78. The second-order valence-electron chi connectivity index (χ2n) is 8.54. The van der Waals surface area contributed by atoms with Crippen LogP contribution >= 0.6 is 34.5 Å². The minimum atomic E-state index is -4.10. The smallest absolute Gasteiger partial charge is 0.243 e. The molecule has 0 aliphatic heterocycles. The van der Waals surface area contributed by atoms with Gasteiger partial charge in [-0.05, 0) is 49.4 Å². The van der Waals surface area contributed by atoms with Crippen molar-refractivity contribution >= 4 is 61.3 Å². The summed E-state index contributed by atoms with van der Waals surface area (Å²) in [5, 5.41) is 9.03. The quantitative estimate of drug-likeness (QED) is 0.220. The molecule has 0 aliphatic rings. The number of carbonyl (C=O) groups is 1. The van der Waals surface area contributed by atoms with Crippen LogP contribution in [0.25, 0.3) is 11.3 Å². The summed E-state index contributed by atoms with van der Waals surface area (Å²) >= 11 is 14.2. The number of anilines is 2.